The normalized spacial score (nSPS) is 10.3. The summed E-state index contributed by atoms with van der Waals surface area (Å²) in [7, 11) is 0. The van der Waals surface area contributed by atoms with Crippen LogP contribution in [0.4, 0.5) is 5.82 Å². The molecule has 0 spiro atoms. The highest BCUT2D eigenvalue weighted by atomic mass is 16.3. The van der Waals surface area contributed by atoms with E-state index in [1.807, 2.05) is 20.8 Å². The number of nitrogens with one attached hydrogen (secondary N) is 1. The van der Waals surface area contributed by atoms with Crippen molar-refractivity contribution in [3.05, 3.63) is 16.8 Å². The molecule has 0 radical (unpaired) electrons. The van der Waals surface area contributed by atoms with Crippen molar-refractivity contribution in [3.8, 4) is 5.75 Å². The fraction of sp³-hybridized carbons (Fsp3) is 0.545. The smallest absolute Gasteiger partial charge is 0.140 e. The fourth-order valence-corrected chi connectivity index (χ4v) is 1.35. The van der Waals surface area contributed by atoms with Crippen molar-refractivity contribution in [2.45, 2.75) is 34.1 Å². The van der Waals surface area contributed by atoms with Gasteiger partial charge in [0, 0.05) is 6.54 Å². The fourth-order valence-electron chi connectivity index (χ4n) is 1.35. The highest BCUT2D eigenvalue weighted by Crippen LogP contribution is 2.27. The van der Waals surface area contributed by atoms with Crippen LogP contribution in [0.3, 0.4) is 0 Å². The summed E-state index contributed by atoms with van der Waals surface area (Å²) in [6.45, 7) is 8.73. The van der Waals surface area contributed by atoms with Gasteiger partial charge in [0.2, 0.25) is 0 Å². The van der Waals surface area contributed by atoms with Crippen LogP contribution in [0.1, 0.15) is 30.2 Å². The molecule has 0 amide bonds. The summed E-state index contributed by atoms with van der Waals surface area (Å²) in [5.41, 5.74) is 2.63. The van der Waals surface area contributed by atoms with E-state index in [0.29, 0.717) is 11.4 Å². The van der Waals surface area contributed by atoms with Crippen LogP contribution in [-0.4, -0.2) is 16.6 Å². The van der Waals surface area contributed by atoms with Gasteiger partial charge in [-0.05, 0) is 38.3 Å². The van der Waals surface area contributed by atoms with Crippen molar-refractivity contribution in [1.29, 1.82) is 0 Å². The van der Waals surface area contributed by atoms with Gasteiger partial charge in [0.25, 0.3) is 0 Å². The lowest BCUT2D eigenvalue weighted by Crippen LogP contribution is -2.06. The predicted octanol–water partition coefficient (Wildman–Crippen LogP) is 2.53. The number of pyridine rings is 1. The zero-order valence-electron chi connectivity index (χ0n) is 9.31. The summed E-state index contributed by atoms with van der Waals surface area (Å²) < 4.78 is 0. The molecule has 1 rings (SSSR count). The topological polar surface area (TPSA) is 45.2 Å². The Kier molecular flexibility index (Phi) is 3.33. The molecule has 0 unspecified atom stereocenters. The third-order valence-electron chi connectivity index (χ3n) is 2.44. The van der Waals surface area contributed by atoms with Gasteiger partial charge in [0.15, 0.2) is 0 Å². The van der Waals surface area contributed by atoms with E-state index >= 15 is 0 Å². The maximum Gasteiger partial charge on any atom is 0.140 e. The van der Waals surface area contributed by atoms with Gasteiger partial charge >= 0.3 is 0 Å². The van der Waals surface area contributed by atoms with Crippen molar-refractivity contribution in [2.24, 2.45) is 0 Å². The van der Waals surface area contributed by atoms with E-state index in [1.54, 1.807) is 0 Å². The lowest BCUT2D eigenvalue weighted by atomic mass is 10.1. The molecular formula is C11H18N2O. The molecule has 78 valence electrons. The van der Waals surface area contributed by atoms with Gasteiger partial charge < -0.3 is 10.4 Å². The second-order valence-electron chi connectivity index (χ2n) is 3.57. The Labute approximate surface area is 85.2 Å². The maximum atomic E-state index is 9.65. The lowest BCUT2D eigenvalue weighted by molar-refractivity contribution is 0.463. The Bertz CT molecular complexity index is 335. The number of aromatic hydroxyl groups is 1. The number of aromatic nitrogens is 1. The number of hydrogen-bond donors (Lipinski definition) is 2. The van der Waals surface area contributed by atoms with Gasteiger partial charge in [-0.15, -0.1) is 0 Å². The van der Waals surface area contributed by atoms with Crippen molar-refractivity contribution in [2.75, 3.05) is 11.9 Å². The summed E-state index contributed by atoms with van der Waals surface area (Å²) in [6, 6.07) is 0. The number of anilines is 1. The average Bonchev–Trinajstić information content (AvgIpc) is 2.18. The molecule has 0 aliphatic rings. The molecular weight excluding hydrogens is 176 g/mol. The minimum absolute atomic E-state index is 0.310. The molecule has 1 aromatic rings. The monoisotopic (exact) mass is 194 g/mol. The zero-order valence-corrected chi connectivity index (χ0v) is 9.31. The third kappa shape index (κ3) is 1.97. The zero-order chi connectivity index (χ0) is 10.7. The molecule has 3 heteroatoms. The summed E-state index contributed by atoms with van der Waals surface area (Å²) in [5.74, 6) is 1.20. The molecule has 1 heterocycles. The molecule has 2 N–H and O–H groups in total. The number of aryl methyl sites for hydroxylation is 1. The van der Waals surface area contributed by atoms with Crippen molar-refractivity contribution >= 4 is 5.82 Å². The molecule has 0 bridgehead atoms. The van der Waals surface area contributed by atoms with Crippen LogP contribution in [0.15, 0.2) is 0 Å². The molecule has 0 fully saturated rings. The molecule has 0 aromatic carbocycles. The first-order valence-corrected chi connectivity index (χ1v) is 4.98. The van der Waals surface area contributed by atoms with Crippen LogP contribution in [0.5, 0.6) is 5.75 Å². The Morgan fingerprint density at radius 3 is 2.43 bits per heavy atom. The van der Waals surface area contributed by atoms with Gasteiger partial charge in [-0.1, -0.05) is 6.92 Å². The molecule has 0 atom stereocenters. The van der Waals surface area contributed by atoms with Gasteiger partial charge in [0.1, 0.15) is 11.6 Å². The van der Waals surface area contributed by atoms with E-state index in [-0.39, 0.29) is 0 Å². The third-order valence-corrected chi connectivity index (χ3v) is 2.44. The van der Waals surface area contributed by atoms with Crippen molar-refractivity contribution < 1.29 is 5.11 Å². The van der Waals surface area contributed by atoms with E-state index in [9.17, 15) is 5.11 Å². The lowest BCUT2D eigenvalue weighted by Gasteiger charge is -2.12. The Hall–Kier alpha value is -1.25. The first kappa shape index (κ1) is 10.8. The molecule has 14 heavy (non-hydrogen) atoms. The molecule has 0 aliphatic heterocycles. The minimum Gasteiger partial charge on any atom is -0.506 e. The molecule has 3 nitrogen and oxygen atoms in total. The Morgan fingerprint density at radius 1 is 1.21 bits per heavy atom. The van der Waals surface area contributed by atoms with Gasteiger partial charge in [-0.25, -0.2) is 4.98 Å². The van der Waals surface area contributed by atoms with E-state index in [1.165, 1.54) is 0 Å². The van der Waals surface area contributed by atoms with Crippen LogP contribution >= 0.6 is 0 Å². The number of hydrogen-bond acceptors (Lipinski definition) is 3. The second-order valence-corrected chi connectivity index (χ2v) is 3.57. The molecule has 0 saturated heterocycles. The van der Waals surface area contributed by atoms with Crippen LogP contribution in [0, 0.1) is 20.8 Å². The minimum atomic E-state index is 0.310. The van der Waals surface area contributed by atoms with Gasteiger partial charge in [-0.3, -0.25) is 0 Å². The second kappa shape index (κ2) is 4.31. The predicted molar refractivity (Wildman–Crippen MR) is 58.9 cm³/mol. The van der Waals surface area contributed by atoms with Crippen LogP contribution in [0.25, 0.3) is 0 Å². The quantitative estimate of drug-likeness (QED) is 0.777. The van der Waals surface area contributed by atoms with Crippen LogP contribution < -0.4 is 5.32 Å². The maximum absolute atomic E-state index is 9.65. The van der Waals surface area contributed by atoms with E-state index < -0.39 is 0 Å². The highest BCUT2D eigenvalue weighted by Gasteiger charge is 2.09. The SMILES string of the molecule is CCCNc1nc(C)c(O)c(C)c1C. The average molecular weight is 194 g/mol. The summed E-state index contributed by atoms with van der Waals surface area (Å²) >= 11 is 0. The van der Waals surface area contributed by atoms with E-state index in [2.05, 4.69) is 17.2 Å². The molecule has 1 aromatic heterocycles. The van der Waals surface area contributed by atoms with E-state index in [0.717, 1.165) is 29.9 Å². The molecule has 0 aliphatic carbocycles. The largest absolute Gasteiger partial charge is 0.506 e. The van der Waals surface area contributed by atoms with Crippen molar-refractivity contribution in [1.82, 2.24) is 4.98 Å². The number of nitrogens with zero attached hydrogens (tertiary/aromatic N) is 1. The number of rotatable bonds is 3. The summed E-state index contributed by atoms with van der Waals surface area (Å²) in [4.78, 5) is 4.31. The summed E-state index contributed by atoms with van der Waals surface area (Å²) in [5, 5.41) is 12.9. The van der Waals surface area contributed by atoms with E-state index in [4.69, 9.17) is 0 Å². The Morgan fingerprint density at radius 2 is 1.86 bits per heavy atom. The first-order chi connectivity index (χ1) is 6.57. The highest BCUT2D eigenvalue weighted by molar-refractivity contribution is 5.54. The van der Waals surface area contributed by atoms with Gasteiger partial charge in [-0.2, -0.15) is 0 Å². The van der Waals surface area contributed by atoms with Gasteiger partial charge in [0.05, 0.1) is 5.69 Å². The summed E-state index contributed by atoms with van der Waals surface area (Å²) in [6.07, 6.45) is 1.07. The molecule has 0 saturated carbocycles. The van der Waals surface area contributed by atoms with Crippen LogP contribution in [0.2, 0.25) is 0 Å². The standard InChI is InChI=1S/C11H18N2O/c1-5-6-12-11-8(3)7(2)10(14)9(4)13-11/h14H,5-6H2,1-4H3,(H,12,13). The van der Waals surface area contributed by atoms with Crippen molar-refractivity contribution in [3.63, 3.8) is 0 Å². The van der Waals surface area contributed by atoms with Crippen LogP contribution in [-0.2, 0) is 0 Å². The Balaban J connectivity index is 3.06. The first-order valence-electron chi connectivity index (χ1n) is 4.98.